The Morgan fingerprint density at radius 2 is 1.94 bits per heavy atom. The third-order valence-electron chi connectivity index (χ3n) is 6.59. The maximum absolute atomic E-state index is 13.3. The van der Waals surface area contributed by atoms with Crippen molar-refractivity contribution < 1.29 is 24.2 Å². The van der Waals surface area contributed by atoms with Gasteiger partial charge in [-0.2, -0.15) is 11.8 Å². The molecular weight excluding hydrogens is 428 g/mol. The normalized spacial score (nSPS) is 21.8. The number of carbonyl (C=O) groups is 3. The number of aliphatic carboxylic acids is 1. The van der Waals surface area contributed by atoms with Gasteiger partial charge in [-0.1, -0.05) is 30.3 Å². The molecule has 0 bridgehead atoms. The number of ether oxygens (including phenoxy) is 1. The van der Waals surface area contributed by atoms with Crippen LogP contribution < -0.4 is 5.32 Å². The number of hydrogen-bond acceptors (Lipinski definition) is 6. The van der Waals surface area contributed by atoms with Gasteiger partial charge in [-0.05, 0) is 68.4 Å². The van der Waals surface area contributed by atoms with Crippen molar-refractivity contribution >= 4 is 29.6 Å². The summed E-state index contributed by atoms with van der Waals surface area (Å²) in [5, 5.41) is 12.9. The summed E-state index contributed by atoms with van der Waals surface area (Å²) in [5.41, 5.74) is 1.00. The lowest BCUT2D eigenvalue weighted by molar-refractivity contribution is -0.150. The van der Waals surface area contributed by atoms with E-state index in [-0.39, 0.29) is 23.9 Å². The molecule has 2 heterocycles. The highest BCUT2D eigenvalue weighted by Crippen LogP contribution is 2.45. The first-order valence-electron chi connectivity index (χ1n) is 11.4. The second-order valence-electron chi connectivity index (χ2n) is 8.85. The lowest BCUT2D eigenvalue weighted by Crippen LogP contribution is -2.53. The van der Waals surface area contributed by atoms with E-state index in [1.165, 1.54) is 4.90 Å². The summed E-state index contributed by atoms with van der Waals surface area (Å²) in [6, 6.07) is 7.72. The molecule has 2 unspecified atom stereocenters. The fourth-order valence-electron chi connectivity index (χ4n) is 4.76. The number of benzene rings is 1. The van der Waals surface area contributed by atoms with Crippen molar-refractivity contribution in [3.05, 3.63) is 35.9 Å². The summed E-state index contributed by atoms with van der Waals surface area (Å²) < 4.78 is 5.23. The highest BCUT2D eigenvalue weighted by molar-refractivity contribution is 7.99. The molecule has 1 spiro atoms. The van der Waals surface area contributed by atoms with Crippen LogP contribution >= 0.6 is 11.8 Å². The Balaban J connectivity index is 1.68. The maximum atomic E-state index is 13.3. The fraction of sp³-hybridized carbons (Fsp3) is 0.625. The molecule has 2 saturated heterocycles. The predicted octanol–water partition coefficient (Wildman–Crippen LogP) is 2.73. The highest BCUT2D eigenvalue weighted by atomic mass is 32.2. The number of esters is 1. The van der Waals surface area contributed by atoms with Crippen molar-refractivity contribution in [1.29, 1.82) is 0 Å². The summed E-state index contributed by atoms with van der Waals surface area (Å²) in [6.45, 7) is 4.20. The Morgan fingerprint density at radius 3 is 2.56 bits per heavy atom. The van der Waals surface area contributed by atoms with E-state index in [9.17, 15) is 19.5 Å². The quantitative estimate of drug-likeness (QED) is 0.545. The van der Waals surface area contributed by atoms with Gasteiger partial charge in [0.2, 0.25) is 5.91 Å². The first kappa shape index (κ1) is 24.6. The molecule has 0 saturated carbocycles. The first-order chi connectivity index (χ1) is 15.3. The summed E-state index contributed by atoms with van der Waals surface area (Å²) in [7, 11) is 0. The molecule has 176 valence electrons. The van der Waals surface area contributed by atoms with Crippen LogP contribution in [0.2, 0.25) is 0 Å². The Kier molecular flexibility index (Phi) is 8.59. The van der Waals surface area contributed by atoms with E-state index < -0.39 is 24.1 Å². The van der Waals surface area contributed by atoms with Gasteiger partial charge in [0.1, 0.15) is 12.1 Å². The lowest BCUT2D eigenvalue weighted by atomic mass is 9.80. The van der Waals surface area contributed by atoms with Gasteiger partial charge in [-0.25, -0.2) is 4.79 Å². The summed E-state index contributed by atoms with van der Waals surface area (Å²) in [5.74, 6) is 0.410. The van der Waals surface area contributed by atoms with Gasteiger partial charge in [0.05, 0.1) is 12.6 Å². The van der Waals surface area contributed by atoms with Gasteiger partial charge in [-0.3, -0.25) is 14.9 Å². The first-order valence-corrected chi connectivity index (χ1v) is 12.6. The SMILES string of the molecule is CCOC(=O)C(CCc1ccccc1)N[C@@H](C)C(=O)N1CC2(CCSCC2)CC1C(=O)O. The number of carbonyl (C=O) groups excluding carboxylic acids is 2. The number of carboxylic acids is 1. The number of aryl methyl sites for hydroxylation is 1. The summed E-state index contributed by atoms with van der Waals surface area (Å²) in [4.78, 5) is 39.3. The minimum atomic E-state index is -0.952. The van der Waals surface area contributed by atoms with Crippen LogP contribution in [0.25, 0.3) is 0 Å². The number of likely N-dealkylation sites (tertiary alicyclic amines) is 1. The van der Waals surface area contributed by atoms with E-state index in [2.05, 4.69) is 5.32 Å². The minimum Gasteiger partial charge on any atom is -0.480 e. The van der Waals surface area contributed by atoms with Gasteiger partial charge < -0.3 is 14.7 Å². The molecule has 32 heavy (non-hydrogen) atoms. The number of hydrogen-bond donors (Lipinski definition) is 2. The average molecular weight is 463 g/mol. The van der Waals surface area contributed by atoms with E-state index in [1.807, 2.05) is 42.1 Å². The van der Waals surface area contributed by atoms with Crippen LogP contribution in [0.1, 0.15) is 45.1 Å². The smallest absolute Gasteiger partial charge is 0.326 e. The van der Waals surface area contributed by atoms with Gasteiger partial charge in [0, 0.05) is 6.54 Å². The van der Waals surface area contributed by atoms with Crippen molar-refractivity contribution in [3.63, 3.8) is 0 Å². The van der Waals surface area contributed by atoms with E-state index in [4.69, 9.17) is 4.74 Å². The van der Waals surface area contributed by atoms with Crippen LogP contribution in [-0.4, -0.2) is 70.6 Å². The van der Waals surface area contributed by atoms with Crippen LogP contribution in [-0.2, 0) is 25.5 Å². The molecule has 1 aromatic carbocycles. The third-order valence-corrected chi connectivity index (χ3v) is 7.57. The molecule has 2 N–H and O–H groups in total. The predicted molar refractivity (Wildman–Crippen MR) is 125 cm³/mol. The number of nitrogens with zero attached hydrogens (tertiary/aromatic N) is 1. The van der Waals surface area contributed by atoms with Gasteiger partial charge >= 0.3 is 11.9 Å². The Bertz CT molecular complexity index is 797. The van der Waals surface area contributed by atoms with E-state index in [0.717, 1.165) is 29.9 Å². The monoisotopic (exact) mass is 462 g/mol. The molecule has 7 nitrogen and oxygen atoms in total. The van der Waals surface area contributed by atoms with Crippen molar-refractivity contribution in [2.24, 2.45) is 5.41 Å². The average Bonchev–Trinajstić information content (AvgIpc) is 3.16. The summed E-state index contributed by atoms with van der Waals surface area (Å²) >= 11 is 1.89. The van der Waals surface area contributed by atoms with Crippen LogP contribution in [0.5, 0.6) is 0 Å². The van der Waals surface area contributed by atoms with Crippen LogP contribution in [0.3, 0.4) is 0 Å². The summed E-state index contributed by atoms with van der Waals surface area (Å²) in [6.07, 6.45) is 3.55. The lowest BCUT2D eigenvalue weighted by Gasteiger charge is -2.33. The Hall–Kier alpha value is -2.06. The molecule has 1 amide bonds. The Labute approximate surface area is 194 Å². The third kappa shape index (κ3) is 6.04. The molecule has 2 aliphatic rings. The highest BCUT2D eigenvalue weighted by Gasteiger charge is 2.49. The molecule has 3 rings (SSSR count). The Morgan fingerprint density at radius 1 is 1.25 bits per heavy atom. The molecule has 2 fully saturated rings. The molecule has 1 aromatic rings. The molecule has 2 aliphatic heterocycles. The zero-order chi connectivity index (χ0) is 23.1. The second-order valence-corrected chi connectivity index (χ2v) is 10.1. The molecule has 0 radical (unpaired) electrons. The zero-order valence-electron chi connectivity index (χ0n) is 18.9. The number of carboxylic acid groups (broad SMARTS) is 1. The fourth-order valence-corrected chi connectivity index (χ4v) is 6.12. The molecule has 3 atom stereocenters. The second kappa shape index (κ2) is 11.2. The molecular formula is C24H34N2O5S. The maximum Gasteiger partial charge on any atom is 0.326 e. The van der Waals surface area contributed by atoms with E-state index in [1.54, 1.807) is 13.8 Å². The van der Waals surface area contributed by atoms with Crippen LogP contribution in [0.15, 0.2) is 30.3 Å². The van der Waals surface area contributed by atoms with Crippen LogP contribution in [0, 0.1) is 5.41 Å². The number of thioether (sulfide) groups is 1. The standard InChI is InChI=1S/C24H34N2O5S/c1-3-31-23(30)19(10-9-18-7-5-4-6-8-18)25-17(2)21(27)26-16-24(11-13-32-14-12-24)15-20(26)22(28)29/h4-8,17,19-20,25H,3,9-16H2,1-2H3,(H,28,29)/t17-,19?,20?/m0/s1. The largest absolute Gasteiger partial charge is 0.480 e. The number of amides is 1. The topological polar surface area (TPSA) is 95.9 Å². The molecule has 8 heteroatoms. The van der Waals surface area contributed by atoms with Crippen molar-refractivity contribution in [2.75, 3.05) is 24.7 Å². The van der Waals surface area contributed by atoms with Crippen LogP contribution in [0.4, 0.5) is 0 Å². The van der Waals surface area contributed by atoms with Crippen molar-refractivity contribution in [1.82, 2.24) is 10.2 Å². The van der Waals surface area contributed by atoms with Crippen molar-refractivity contribution in [3.8, 4) is 0 Å². The van der Waals surface area contributed by atoms with E-state index >= 15 is 0 Å². The number of nitrogens with one attached hydrogen (secondary N) is 1. The molecule has 0 aliphatic carbocycles. The van der Waals surface area contributed by atoms with Gasteiger partial charge in [0.15, 0.2) is 0 Å². The number of rotatable bonds is 9. The van der Waals surface area contributed by atoms with Crippen molar-refractivity contribution in [2.45, 2.75) is 64.1 Å². The minimum absolute atomic E-state index is 0.0997. The molecule has 0 aromatic heterocycles. The van der Waals surface area contributed by atoms with Gasteiger partial charge in [0.25, 0.3) is 0 Å². The van der Waals surface area contributed by atoms with Gasteiger partial charge in [-0.15, -0.1) is 0 Å². The van der Waals surface area contributed by atoms with E-state index in [0.29, 0.717) is 25.8 Å². The zero-order valence-corrected chi connectivity index (χ0v) is 19.7.